The average molecular weight is 437 g/mol. The van der Waals surface area contributed by atoms with Crippen molar-refractivity contribution < 1.29 is 19.0 Å². The highest BCUT2D eigenvalue weighted by Crippen LogP contribution is 2.47. The lowest BCUT2D eigenvalue weighted by Gasteiger charge is -2.22. The molecule has 3 heterocycles. The van der Waals surface area contributed by atoms with Crippen molar-refractivity contribution in [3.63, 3.8) is 0 Å². The number of hydrogen-bond donors (Lipinski definition) is 0. The van der Waals surface area contributed by atoms with Crippen LogP contribution in [-0.2, 0) is 11.3 Å². The van der Waals surface area contributed by atoms with Gasteiger partial charge in [-0.3, -0.25) is 0 Å². The van der Waals surface area contributed by atoms with Crippen LogP contribution in [-0.4, -0.2) is 29.5 Å². The fourth-order valence-corrected chi connectivity index (χ4v) is 4.54. The molecule has 0 spiro atoms. The second-order valence-electron chi connectivity index (χ2n) is 5.81. The summed E-state index contributed by atoms with van der Waals surface area (Å²) in [5.41, 5.74) is 2.88. The van der Waals surface area contributed by atoms with Crippen LogP contribution in [0.5, 0.6) is 11.5 Å². The zero-order valence-electron chi connectivity index (χ0n) is 14.3. The number of thioether (sulfide) groups is 1. The van der Waals surface area contributed by atoms with E-state index >= 15 is 0 Å². The van der Waals surface area contributed by atoms with Crippen LogP contribution in [0.25, 0.3) is 11.3 Å². The van der Waals surface area contributed by atoms with Gasteiger partial charge in [0, 0.05) is 11.6 Å². The van der Waals surface area contributed by atoms with Crippen LogP contribution in [0.15, 0.2) is 28.1 Å². The Balaban J connectivity index is 1.90. The second kappa shape index (κ2) is 7.00. The fourth-order valence-electron chi connectivity index (χ4n) is 3.14. The van der Waals surface area contributed by atoms with Crippen LogP contribution in [0.3, 0.4) is 0 Å². The van der Waals surface area contributed by atoms with Crippen molar-refractivity contribution in [2.45, 2.75) is 25.3 Å². The van der Waals surface area contributed by atoms with E-state index in [1.165, 1.54) is 0 Å². The number of methoxy groups -OCH3 is 1. The molecule has 136 valence electrons. The Morgan fingerprint density at radius 3 is 3.04 bits per heavy atom. The van der Waals surface area contributed by atoms with Gasteiger partial charge >= 0.3 is 5.97 Å². The number of esters is 1. The van der Waals surface area contributed by atoms with Crippen LogP contribution < -0.4 is 9.47 Å². The van der Waals surface area contributed by atoms with Gasteiger partial charge in [0.05, 0.1) is 29.4 Å². The summed E-state index contributed by atoms with van der Waals surface area (Å²) < 4.78 is 19.2. The monoisotopic (exact) mass is 436 g/mol. The number of carbonyl (C=O) groups is 1. The number of halogens is 1. The normalized spacial score (nSPS) is 17.4. The van der Waals surface area contributed by atoms with Crippen molar-refractivity contribution in [2.24, 2.45) is 0 Å². The molecule has 6 nitrogen and oxygen atoms in total. The minimum Gasteiger partial charge on any atom is -0.495 e. The summed E-state index contributed by atoms with van der Waals surface area (Å²) in [5.74, 6) is 0.990. The molecular formula is C18H17BrN2O4S. The molecule has 1 unspecified atom stereocenters. The van der Waals surface area contributed by atoms with Crippen LogP contribution in [0.2, 0.25) is 0 Å². The van der Waals surface area contributed by atoms with Crippen molar-refractivity contribution in [3.05, 3.63) is 39.3 Å². The maximum absolute atomic E-state index is 12.4. The van der Waals surface area contributed by atoms with E-state index in [1.807, 2.05) is 16.8 Å². The predicted molar refractivity (Wildman–Crippen MR) is 103 cm³/mol. The number of nitrogens with zero attached hydrogens (tertiary/aromatic N) is 2. The van der Waals surface area contributed by atoms with Crippen molar-refractivity contribution in [1.82, 2.24) is 9.78 Å². The molecule has 26 heavy (non-hydrogen) atoms. The molecule has 2 aliphatic heterocycles. The van der Waals surface area contributed by atoms with Crippen LogP contribution in [0.4, 0.5) is 0 Å². The van der Waals surface area contributed by atoms with E-state index in [0.717, 1.165) is 27.7 Å². The first-order valence-corrected chi connectivity index (χ1v) is 9.97. The average Bonchev–Trinajstić information content (AvgIpc) is 3.28. The van der Waals surface area contributed by atoms with E-state index in [2.05, 4.69) is 32.5 Å². The molecule has 0 aliphatic carbocycles. The first-order chi connectivity index (χ1) is 12.6. The van der Waals surface area contributed by atoms with E-state index in [1.54, 1.807) is 25.8 Å². The molecule has 0 saturated carbocycles. The third-order valence-electron chi connectivity index (χ3n) is 4.30. The van der Waals surface area contributed by atoms with Crippen molar-refractivity contribution in [3.8, 4) is 22.8 Å². The zero-order valence-corrected chi connectivity index (χ0v) is 16.7. The lowest BCUT2D eigenvalue weighted by molar-refractivity contribution is 0.0515. The molecule has 1 aromatic heterocycles. The molecule has 0 bridgehead atoms. The van der Waals surface area contributed by atoms with Gasteiger partial charge in [-0.25, -0.2) is 9.48 Å². The Morgan fingerprint density at radius 1 is 1.50 bits per heavy atom. The standard InChI is InChI=1S/C18H17BrN2O4S/c1-3-24-18(22)16-11-9-25-13-8-14(23-2)12(19)7-10(13)17(11)21(20-16)15-5-4-6-26-15/h4,6-8,15H,3,5,9H2,1-2H3. The van der Waals surface area contributed by atoms with Gasteiger partial charge in [0.2, 0.25) is 0 Å². The molecular weight excluding hydrogens is 420 g/mol. The molecule has 1 atom stereocenters. The highest BCUT2D eigenvalue weighted by molar-refractivity contribution is 9.10. The van der Waals surface area contributed by atoms with Gasteiger partial charge in [0.1, 0.15) is 23.5 Å². The number of rotatable bonds is 4. The second-order valence-corrected chi connectivity index (χ2v) is 7.75. The number of allylic oxidation sites excluding steroid dienone is 1. The van der Waals surface area contributed by atoms with E-state index < -0.39 is 5.97 Å². The lowest BCUT2D eigenvalue weighted by atomic mass is 10.0. The maximum Gasteiger partial charge on any atom is 0.359 e. The molecule has 0 fully saturated rings. The fraction of sp³-hybridized carbons (Fsp3) is 0.333. The molecule has 2 aliphatic rings. The minimum absolute atomic E-state index is 0.110. The van der Waals surface area contributed by atoms with E-state index in [0.29, 0.717) is 23.8 Å². The molecule has 8 heteroatoms. The first-order valence-electron chi connectivity index (χ1n) is 8.23. The van der Waals surface area contributed by atoms with Crippen LogP contribution in [0.1, 0.15) is 34.8 Å². The van der Waals surface area contributed by atoms with Crippen molar-refractivity contribution >= 4 is 33.7 Å². The van der Waals surface area contributed by atoms with Gasteiger partial charge < -0.3 is 14.2 Å². The molecule has 0 radical (unpaired) electrons. The minimum atomic E-state index is -0.418. The smallest absolute Gasteiger partial charge is 0.359 e. The maximum atomic E-state index is 12.4. The first kappa shape index (κ1) is 17.5. The number of benzene rings is 1. The number of fused-ring (bicyclic) bond motifs is 3. The number of ether oxygens (including phenoxy) is 3. The Bertz CT molecular complexity index is 901. The Morgan fingerprint density at radius 2 is 2.35 bits per heavy atom. The Kier molecular flexibility index (Phi) is 4.71. The number of aromatic nitrogens is 2. The predicted octanol–water partition coefficient (Wildman–Crippen LogP) is 4.54. The summed E-state index contributed by atoms with van der Waals surface area (Å²) in [6.45, 7) is 2.36. The highest BCUT2D eigenvalue weighted by Gasteiger charge is 2.33. The largest absolute Gasteiger partial charge is 0.495 e. The number of hydrogen-bond acceptors (Lipinski definition) is 6. The topological polar surface area (TPSA) is 62.6 Å². The van der Waals surface area contributed by atoms with Crippen LogP contribution in [0, 0.1) is 0 Å². The van der Waals surface area contributed by atoms with Gasteiger partial charge in [-0.1, -0.05) is 6.08 Å². The van der Waals surface area contributed by atoms with Crippen LogP contribution >= 0.6 is 27.7 Å². The molecule has 4 rings (SSSR count). The van der Waals surface area contributed by atoms with Gasteiger partial charge in [-0.05, 0) is 40.7 Å². The highest BCUT2D eigenvalue weighted by atomic mass is 79.9. The number of carbonyl (C=O) groups excluding carboxylic acids is 1. The van der Waals surface area contributed by atoms with Crippen molar-refractivity contribution in [2.75, 3.05) is 13.7 Å². The third kappa shape index (κ3) is 2.81. The van der Waals surface area contributed by atoms with Gasteiger partial charge in [0.15, 0.2) is 5.69 Å². The molecule has 1 aromatic carbocycles. The summed E-state index contributed by atoms with van der Waals surface area (Å²) in [4.78, 5) is 12.4. The quantitative estimate of drug-likeness (QED) is 0.655. The summed E-state index contributed by atoms with van der Waals surface area (Å²) in [7, 11) is 1.62. The Hall–Kier alpha value is -1.93. The van der Waals surface area contributed by atoms with E-state index in [4.69, 9.17) is 14.2 Å². The van der Waals surface area contributed by atoms with Gasteiger partial charge in [-0.15, -0.1) is 11.8 Å². The summed E-state index contributed by atoms with van der Waals surface area (Å²) >= 11 is 5.22. The van der Waals surface area contributed by atoms with E-state index in [-0.39, 0.29) is 12.0 Å². The summed E-state index contributed by atoms with van der Waals surface area (Å²) in [5, 5.41) is 6.79. The third-order valence-corrected chi connectivity index (χ3v) is 5.98. The Labute approximate surface area is 163 Å². The van der Waals surface area contributed by atoms with Crippen molar-refractivity contribution in [1.29, 1.82) is 0 Å². The molecule has 2 aromatic rings. The van der Waals surface area contributed by atoms with E-state index in [9.17, 15) is 4.79 Å². The van der Waals surface area contributed by atoms with Gasteiger partial charge in [-0.2, -0.15) is 5.10 Å². The lowest BCUT2D eigenvalue weighted by Crippen LogP contribution is -2.12. The SMILES string of the molecule is CCOC(=O)c1nn(C2CC=CS2)c2c1COc1cc(OC)c(Br)cc1-2. The molecule has 0 N–H and O–H groups in total. The molecule has 0 saturated heterocycles. The summed E-state index contributed by atoms with van der Waals surface area (Å²) in [6, 6.07) is 3.80. The van der Waals surface area contributed by atoms with Gasteiger partial charge in [0.25, 0.3) is 0 Å². The molecule has 0 amide bonds. The zero-order chi connectivity index (χ0) is 18.3. The summed E-state index contributed by atoms with van der Waals surface area (Å²) in [6.07, 6.45) is 2.96.